The predicted molar refractivity (Wildman–Crippen MR) is 54.0 cm³/mol. The van der Waals surface area contributed by atoms with Crippen molar-refractivity contribution in [3.63, 3.8) is 0 Å². The molecule has 2 aromatic rings. The van der Waals surface area contributed by atoms with Crippen molar-refractivity contribution >= 4 is 22.5 Å². The highest BCUT2D eigenvalue weighted by molar-refractivity contribution is 6.17. The van der Waals surface area contributed by atoms with Crippen LogP contribution >= 0.6 is 11.6 Å². The third-order valence-corrected chi connectivity index (χ3v) is 2.05. The van der Waals surface area contributed by atoms with Crippen LogP contribution in [0.25, 0.3) is 10.9 Å². The van der Waals surface area contributed by atoms with Crippen molar-refractivity contribution in [3.05, 3.63) is 36.3 Å². The van der Waals surface area contributed by atoms with Gasteiger partial charge in [-0.15, -0.1) is 11.6 Å². The number of benzene rings is 1. The van der Waals surface area contributed by atoms with Gasteiger partial charge in [0.2, 0.25) is 0 Å². The van der Waals surface area contributed by atoms with E-state index in [4.69, 9.17) is 11.6 Å². The van der Waals surface area contributed by atoms with Gasteiger partial charge in [-0.3, -0.25) is 0 Å². The van der Waals surface area contributed by atoms with E-state index in [0.717, 1.165) is 23.1 Å². The number of aryl methyl sites for hydroxylation is 1. The standard InChI is InChI=1S/C10H9ClN2/c11-6-5-10-12-7-8-3-1-2-4-9(8)13-10/h1-4,7H,5-6H2. The van der Waals surface area contributed by atoms with Gasteiger partial charge in [-0.1, -0.05) is 18.2 Å². The summed E-state index contributed by atoms with van der Waals surface area (Å²) in [4.78, 5) is 8.57. The molecule has 2 rings (SSSR count). The van der Waals surface area contributed by atoms with Crippen LogP contribution in [-0.4, -0.2) is 15.8 Å². The molecule has 1 aromatic carbocycles. The lowest BCUT2D eigenvalue weighted by atomic mass is 10.2. The molecule has 0 unspecified atom stereocenters. The van der Waals surface area contributed by atoms with Gasteiger partial charge >= 0.3 is 0 Å². The highest BCUT2D eigenvalue weighted by Gasteiger charge is 1.97. The third kappa shape index (κ3) is 1.78. The molecular weight excluding hydrogens is 184 g/mol. The van der Waals surface area contributed by atoms with Gasteiger partial charge in [0.1, 0.15) is 5.82 Å². The molecule has 0 radical (unpaired) electrons. The van der Waals surface area contributed by atoms with Gasteiger partial charge in [-0.05, 0) is 6.07 Å². The monoisotopic (exact) mass is 192 g/mol. The first kappa shape index (κ1) is 8.45. The third-order valence-electron chi connectivity index (χ3n) is 1.86. The van der Waals surface area contributed by atoms with E-state index in [-0.39, 0.29) is 0 Å². The normalized spacial score (nSPS) is 10.5. The van der Waals surface area contributed by atoms with Crippen LogP contribution in [0.3, 0.4) is 0 Å². The number of hydrogen-bond acceptors (Lipinski definition) is 2. The summed E-state index contributed by atoms with van der Waals surface area (Å²) in [5.74, 6) is 1.38. The fourth-order valence-corrected chi connectivity index (χ4v) is 1.38. The summed E-state index contributed by atoms with van der Waals surface area (Å²) in [5.41, 5.74) is 0.984. The Kier molecular flexibility index (Phi) is 2.41. The van der Waals surface area contributed by atoms with Gasteiger partial charge in [0, 0.05) is 23.9 Å². The van der Waals surface area contributed by atoms with Crippen molar-refractivity contribution in [3.8, 4) is 0 Å². The van der Waals surface area contributed by atoms with Gasteiger partial charge < -0.3 is 0 Å². The first-order chi connectivity index (χ1) is 6.40. The van der Waals surface area contributed by atoms with Crippen LogP contribution in [0, 0.1) is 0 Å². The topological polar surface area (TPSA) is 25.8 Å². The van der Waals surface area contributed by atoms with Crippen molar-refractivity contribution < 1.29 is 0 Å². The molecule has 2 nitrogen and oxygen atoms in total. The number of fused-ring (bicyclic) bond motifs is 1. The van der Waals surface area contributed by atoms with Gasteiger partial charge in [-0.2, -0.15) is 0 Å². The van der Waals surface area contributed by atoms with Crippen LogP contribution in [0.15, 0.2) is 30.5 Å². The molecule has 0 saturated carbocycles. The Bertz CT molecular complexity index is 414. The molecule has 0 aliphatic rings. The van der Waals surface area contributed by atoms with Crippen LogP contribution in [0.2, 0.25) is 0 Å². The molecule has 66 valence electrons. The minimum Gasteiger partial charge on any atom is -0.241 e. The SMILES string of the molecule is ClCCc1ncc2ccccc2n1. The van der Waals surface area contributed by atoms with E-state index in [1.165, 1.54) is 0 Å². The maximum absolute atomic E-state index is 5.61. The van der Waals surface area contributed by atoms with E-state index >= 15 is 0 Å². The molecule has 1 heterocycles. The molecule has 1 aromatic heterocycles. The van der Waals surface area contributed by atoms with Crippen LogP contribution in [0.1, 0.15) is 5.82 Å². The van der Waals surface area contributed by atoms with Gasteiger partial charge in [-0.25, -0.2) is 9.97 Å². The molecule has 0 N–H and O–H groups in total. The fourth-order valence-electron chi connectivity index (χ4n) is 1.22. The Morgan fingerprint density at radius 3 is 2.92 bits per heavy atom. The summed E-state index contributed by atoms with van der Waals surface area (Å²) >= 11 is 5.61. The Balaban J connectivity index is 2.49. The van der Waals surface area contributed by atoms with Gasteiger partial charge in [0.25, 0.3) is 0 Å². The fraction of sp³-hybridized carbons (Fsp3) is 0.200. The maximum Gasteiger partial charge on any atom is 0.130 e. The first-order valence-electron chi connectivity index (χ1n) is 4.17. The molecular formula is C10H9ClN2. The summed E-state index contributed by atoms with van der Waals surface area (Å²) in [5, 5.41) is 1.07. The molecule has 0 spiro atoms. The summed E-state index contributed by atoms with van der Waals surface area (Å²) < 4.78 is 0. The second kappa shape index (κ2) is 3.71. The smallest absolute Gasteiger partial charge is 0.130 e. The lowest BCUT2D eigenvalue weighted by molar-refractivity contribution is 0.966. The van der Waals surface area contributed by atoms with Crippen molar-refractivity contribution in [2.24, 2.45) is 0 Å². The molecule has 0 atom stereocenters. The van der Waals surface area contributed by atoms with E-state index in [1.807, 2.05) is 30.5 Å². The Morgan fingerprint density at radius 2 is 2.08 bits per heavy atom. The van der Waals surface area contributed by atoms with E-state index in [2.05, 4.69) is 9.97 Å². The summed E-state index contributed by atoms with van der Waals surface area (Å²) in [7, 11) is 0. The van der Waals surface area contributed by atoms with E-state index in [9.17, 15) is 0 Å². The number of rotatable bonds is 2. The minimum atomic E-state index is 0.568. The average Bonchev–Trinajstić information content (AvgIpc) is 2.18. The summed E-state index contributed by atoms with van der Waals surface area (Å²) in [6.45, 7) is 0. The van der Waals surface area contributed by atoms with Crippen molar-refractivity contribution in [1.29, 1.82) is 0 Å². The molecule has 0 saturated heterocycles. The number of hydrogen-bond donors (Lipinski definition) is 0. The minimum absolute atomic E-state index is 0.568. The van der Waals surface area contributed by atoms with E-state index in [1.54, 1.807) is 0 Å². The Labute approximate surface area is 81.6 Å². The Morgan fingerprint density at radius 1 is 1.23 bits per heavy atom. The molecule has 0 amide bonds. The number of nitrogens with zero attached hydrogens (tertiary/aromatic N) is 2. The highest BCUT2D eigenvalue weighted by atomic mass is 35.5. The number of alkyl halides is 1. The zero-order chi connectivity index (χ0) is 9.10. The average molecular weight is 193 g/mol. The number of halogens is 1. The van der Waals surface area contributed by atoms with E-state index in [0.29, 0.717) is 5.88 Å². The summed E-state index contributed by atoms with van der Waals surface area (Å²) in [6, 6.07) is 7.93. The maximum atomic E-state index is 5.61. The molecule has 0 aliphatic carbocycles. The molecule has 13 heavy (non-hydrogen) atoms. The van der Waals surface area contributed by atoms with Gasteiger partial charge in [0.05, 0.1) is 5.52 Å². The van der Waals surface area contributed by atoms with Gasteiger partial charge in [0.15, 0.2) is 0 Å². The second-order valence-electron chi connectivity index (χ2n) is 2.78. The molecule has 0 fully saturated rings. The van der Waals surface area contributed by atoms with Crippen LogP contribution in [0.4, 0.5) is 0 Å². The van der Waals surface area contributed by atoms with E-state index < -0.39 is 0 Å². The number of aromatic nitrogens is 2. The Hall–Kier alpha value is -1.15. The van der Waals surface area contributed by atoms with Crippen molar-refractivity contribution in [2.45, 2.75) is 6.42 Å². The molecule has 0 bridgehead atoms. The lowest BCUT2D eigenvalue weighted by Crippen LogP contribution is -1.95. The first-order valence-corrected chi connectivity index (χ1v) is 4.70. The zero-order valence-electron chi connectivity index (χ0n) is 7.07. The quantitative estimate of drug-likeness (QED) is 0.683. The molecule has 0 aliphatic heterocycles. The van der Waals surface area contributed by atoms with Crippen LogP contribution < -0.4 is 0 Å². The largest absolute Gasteiger partial charge is 0.241 e. The highest BCUT2D eigenvalue weighted by Crippen LogP contribution is 2.09. The van der Waals surface area contributed by atoms with Crippen molar-refractivity contribution in [1.82, 2.24) is 9.97 Å². The zero-order valence-corrected chi connectivity index (χ0v) is 7.83. The predicted octanol–water partition coefficient (Wildman–Crippen LogP) is 2.41. The number of para-hydroxylation sites is 1. The second-order valence-corrected chi connectivity index (χ2v) is 3.16. The summed E-state index contributed by atoms with van der Waals surface area (Å²) in [6.07, 6.45) is 2.57. The lowest BCUT2D eigenvalue weighted by Gasteiger charge is -1.98. The van der Waals surface area contributed by atoms with Crippen LogP contribution in [0.5, 0.6) is 0 Å². The van der Waals surface area contributed by atoms with Crippen molar-refractivity contribution in [2.75, 3.05) is 5.88 Å². The molecule has 3 heteroatoms. The van der Waals surface area contributed by atoms with Crippen LogP contribution in [-0.2, 0) is 6.42 Å².